The van der Waals surface area contributed by atoms with E-state index in [1.165, 1.54) is 30.7 Å². The first-order valence-corrected chi connectivity index (χ1v) is 12.6. The van der Waals surface area contributed by atoms with Crippen molar-refractivity contribution in [3.63, 3.8) is 0 Å². The second-order valence-corrected chi connectivity index (χ2v) is 10.6. The Morgan fingerprint density at radius 2 is 1.91 bits per heavy atom. The molecule has 0 unspecified atom stereocenters. The zero-order valence-corrected chi connectivity index (χ0v) is 18.8. The molecule has 5 rings (SSSR count). The summed E-state index contributed by atoms with van der Waals surface area (Å²) < 4.78 is 54.7. The molecule has 0 aliphatic heterocycles. The van der Waals surface area contributed by atoms with Crippen molar-refractivity contribution in [3.05, 3.63) is 47.7 Å². The summed E-state index contributed by atoms with van der Waals surface area (Å²) >= 11 is 0. The highest BCUT2D eigenvalue weighted by Gasteiger charge is 2.30. The molecule has 9 heteroatoms. The molecule has 0 saturated heterocycles. The first-order valence-electron chi connectivity index (χ1n) is 11.2. The van der Waals surface area contributed by atoms with Crippen LogP contribution in [0.2, 0.25) is 0 Å². The number of nitriles is 1. The van der Waals surface area contributed by atoms with Gasteiger partial charge in [-0.3, -0.25) is 4.98 Å². The van der Waals surface area contributed by atoms with Gasteiger partial charge in [0.15, 0.2) is 0 Å². The summed E-state index contributed by atoms with van der Waals surface area (Å²) in [5, 5.41) is 10.9. The van der Waals surface area contributed by atoms with Crippen LogP contribution in [0.25, 0.3) is 22.3 Å². The third-order valence-corrected chi connectivity index (χ3v) is 8.12. The fourth-order valence-corrected chi connectivity index (χ4v) is 5.60. The van der Waals surface area contributed by atoms with Crippen LogP contribution >= 0.6 is 0 Å². The number of sulfonamides is 1. The van der Waals surface area contributed by atoms with Crippen molar-refractivity contribution in [2.24, 2.45) is 0 Å². The Morgan fingerprint density at radius 1 is 1.15 bits per heavy atom. The lowest BCUT2D eigenvalue weighted by Gasteiger charge is -2.30. The molecule has 33 heavy (non-hydrogen) atoms. The topological polar surface area (TPSA) is 87.8 Å². The van der Waals surface area contributed by atoms with E-state index in [9.17, 15) is 22.5 Å². The van der Waals surface area contributed by atoms with Crippen LogP contribution in [0.1, 0.15) is 55.2 Å². The molecule has 1 N–H and O–H groups in total. The van der Waals surface area contributed by atoms with E-state index >= 15 is 0 Å². The van der Waals surface area contributed by atoms with E-state index in [0.29, 0.717) is 22.9 Å². The third kappa shape index (κ3) is 3.91. The van der Waals surface area contributed by atoms with E-state index < -0.39 is 29.4 Å². The molecule has 2 aliphatic rings. The van der Waals surface area contributed by atoms with Gasteiger partial charge in [0.25, 0.3) is 0 Å². The van der Waals surface area contributed by atoms with Gasteiger partial charge in [0.05, 0.1) is 28.5 Å². The second kappa shape index (κ2) is 8.50. The Morgan fingerprint density at radius 3 is 2.45 bits per heavy atom. The molecule has 172 valence electrons. The van der Waals surface area contributed by atoms with Crippen molar-refractivity contribution < 1.29 is 17.2 Å². The number of halogens is 2. The Labute approximate surface area is 191 Å². The number of nitrogens with one attached hydrogen (secondary N) is 1. The molecular formula is C24H24F2N4O2S. The SMILES string of the molecule is N#Cc1c(-c2ccc(S(=O)(=O)NC(CF)CF)cn2)n(C2CCC2)c2cc(C3CC3)ccc12. The second-order valence-electron chi connectivity index (χ2n) is 8.85. The van der Waals surface area contributed by atoms with Crippen LogP contribution in [-0.4, -0.2) is 37.4 Å². The maximum Gasteiger partial charge on any atom is 0.242 e. The molecule has 0 amide bonds. The lowest BCUT2D eigenvalue weighted by atomic mass is 9.92. The molecule has 0 bridgehead atoms. The summed E-state index contributed by atoms with van der Waals surface area (Å²) in [5.41, 5.74) is 4.01. The van der Waals surface area contributed by atoms with Gasteiger partial charge in [-0.25, -0.2) is 21.9 Å². The normalized spacial score (nSPS) is 16.8. The van der Waals surface area contributed by atoms with Gasteiger partial charge in [0.1, 0.15) is 24.3 Å². The van der Waals surface area contributed by atoms with Gasteiger partial charge in [-0.05, 0) is 61.8 Å². The summed E-state index contributed by atoms with van der Waals surface area (Å²) in [4.78, 5) is 4.19. The van der Waals surface area contributed by atoms with Gasteiger partial charge in [0.2, 0.25) is 10.0 Å². The number of pyridine rings is 1. The lowest BCUT2D eigenvalue weighted by Crippen LogP contribution is -2.37. The van der Waals surface area contributed by atoms with Crippen molar-refractivity contribution >= 4 is 20.9 Å². The molecule has 2 saturated carbocycles. The van der Waals surface area contributed by atoms with Crippen molar-refractivity contribution in [1.29, 1.82) is 5.26 Å². The number of nitrogens with zero attached hydrogens (tertiary/aromatic N) is 3. The average molecular weight is 471 g/mol. The molecule has 0 radical (unpaired) electrons. The minimum Gasteiger partial charge on any atom is -0.335 e. The molecule has 2 fully saturated rings. The van der Waals surface area contributed by atoms with Crippen LogP contribution in [0.5, 0.6) is 0 Å². The van der Waals surface area contributed by atoms with E-state index in [1.807, 2.05) is 10.8 Å². The molecule has 1 aromatic carbocycles. The summed E-state index contributed by atoms with van der Waals surface area (Å²) in [6.45, 7) is -2.28. The first-order chi connectivity index (χ1) is 16.0. The summed E-state index contributed by atoms with van der Waals surface area (Å²) in [6.07, 6.45) is 6.69. The minimum absolute atomic E-state index is 0.181. The highest BCUT2D eigenvalue weighted by Crippen LogP contribution is 2.45. The van der Waals surface area contributed by atoms with E-state index in [4.69, 9.17) is 0 Å². The quantitative estimate of drug-likeness (QED) is 0.514. The fraction of sp³-hybridized carbons (Fsp3) is 0.417. The molecule has 3 aromatic rings. The lowest BCUT2D eigenvalue weighted by molar-refractivity contribution is 0.324. The Balaban J connectivity index is 1.60. The van der Waals surface area contributed by atoms with Crippen LogP contribution in [0.3, 0.4) is 0 Å². The zero-order valence-electron chi connectivity index (χ0n) is 18.0. The third-order valence-electron chi connectivity index (χ3n) is 6.61. The van der Waals surface area contributed by atoms with Gasteiger partial charge in [0, 0.05) is 17.6 Å². The van der Waals surface area contributed by atoms with Crippen LogP contribution in [0, 0.1) is 11.3 Å². The summed E-state index contributed by atoms with van der Waals surface area (Å²) in [7, 11) is -4.12. The van der Waals surface area contributed by atoms with Crippen molar-refractivity contribution in [1.82, 2.24) is 14.3 Å². The monoisotopic (exact) mass is 470 g/mol. The van der Waals surface area contributed by atoms with Crippen LogP contribution in [0.4, 0.5) is 8.78 Å². The standard InChI is InChI=1S/C24H24F2N4O2S/c25-11-17(12-26)29-33(31,32)19-7-9-22(28-14-19)24-21(13-27)20-8-6-16(15-4-5-15)10-23(20)30(24)18-2-1-3-18/h6-10,14-15,17-18,29H,1-5,11-12H2. The summed E-state index contributed by atoms with van der Waals surface area (Å²) in [6, 6.07) is 10.4. The molecular weight excluding hydrogens is 446 g/mol. The smallest absolute Gasteiger partial charge is 0.242 e. The van der Waals surface area contributed by atoms with Gasteiger partial charge >= 0.3 is 0 Å². The van der Waals surface area contributed by atoms with Gasteiger partial charge < -0.3 is 4.57 Å². The summed E-state index contributed by atoms with van der Waals surface area (Å²) in [5.74, 6) is 0.584. The largest absolute Gasteiger partial charge is 0.335 e. The van der Waals surface area contributed by atoms with Crippen molar-refractivity contribution in [3.8, 4) is 17.5 Å². The van der Waals surface area contributed by atoms with Gasteiger partial charge in [-0.2, -0.15) is 5.26 Å². The Hall–Kier alpha value is -2.83. The highest BCUT2D eigenvalue weighted by molar-refractivity contribution is 7.89. The maximum absolute atomic E-state index is 12.8. The van der Waals surface area contributed by atoms with Crippen molar-refractivity contribution in [2.45, 2.75) is 55.0 Å². The Kier molecular flexibility index (Phi) is 5.67. The first kappa shape index (κ1) is 22.0. The van der Waals surface area contributed by atoms with E-state index in [0.717, 1.165) is 30.2 Å². The number of hydrogen-bond donors (Lipinski definition) is 1. The Bertz CT molecular complexity index is 1330. The van der Waals surface area contributed by atoms with E-state index in [2.05, 4.69) is 27.8 Å². The zero-order chi connectivity index (χ0) is 23.2. The van der Waals surface area contributed by atoms with Crippen LogP contribution in [0.15, 0.2) is 41.4 Å². The number of hydrogen-bond acceptors (Lipinski definition) is 4. The van der Waals surface area contributed by atoms with Crippen molar-refractivity contribution in [2.75, 3.05) is 13.3 Å². The molecule has 0 atom stereocenters. The average Bonchev–Trinajstić information content (AvgIpc) is 3.59. The van der Waals surface area contributed by atoms with Gasteiger partial charge in [-0.1, -0.05) is 12.1 Å². The molecule has 2 aromatic heterocycles. The predicted octanol–water partition coefficient (Wildman–Crippen LogP) is 4.76. The molecule has 2 aliphatic carbocycles. The number of rotatable bonds is 8. The number of alkyl halides is 2. The molecule has 2 heterocycles. The number of benzene rings is 1. The predicted molar refractivity (Wildman–Crippen MR) is 121 cm³/mol. The van der Waals surface area contributed by atoms with Gasteiger partial charge in [-0.15, -0.1) is 0 Å². The van der Waals surface area contributed by atoms with E-state index in [1.54, 1.807) is 6.07 Å². The molecule has 0 spiro atoms. The fourth-order valence-electron chi connectivity index (χ4n) is 4.46. The maximum atomic E-state index is 12.8. The minimum atomic E-state index is -4.12. The van der Waals surface area contributed by atoms with E-state index in [-0.39, 0.29) is 10.9 Å². The number of fused-ring (bicyclic) bond motifs is 1. The van der Waals surface area contributed by atoms with Crippen LogP contribution < -0.4 is 4.72 Å². The highest BCUT2D eigenvalue weighted by atomic mass is 32.2. The van der Waals surface area contributed by atoms with Crippen LogP contribution in [-0.2, 0) is 10.0 Å². The molecule has 6 nitrogen and oxygen atoms in total. The number of aromatic nitrogens is 2.